The minimum atomic E-state index is -3.43. The van der Waals surface area contributed by atoms with Crippen LogP contribution >= 0.6 is 11.3 Å². The minimum absolute atomic E-state index is 0.0170. The molecule has 0 aliphatic carbocycles. The van der Waals surface area contributed by atoms with Crippen LogP contribution in [0.25, 0.3) is 0 Å². The van der Waals surface area contributed by atoms with Crippen LogP contribution in [-0.4, -0.2) is 31.9 Å². The van der Waals surface area contributed by atoms with E-state index in [9.17, 15) is 8.42 Å². The van der Waals surface area contributed by atoms with Gasteiger partial charge >= 0.3 is 0 Å². The van der Waals surface area contributed by atoms with E-state index in [-0.39, 0.29) is 11.9 Å². The molecule has 1 aliphatic heterocycles. The second kappa shape index (κ2) is 7.29. The lowest BCUT2D eigenvalue weighted by Gasteiger charge is -2.13. The highest BCUT2D eigenvalue weighted by atomic mass is 32.2. The number of hydrogen-bond donors (Lipinski definition) is 1. The van der Waals surface area contributed by atoms with Gasteiger partial charge in [-0.3, -0.25) is 4.72 Å². The molecule has 1 aromatic heterocycles. The van der Waals surface area contributed by atoms with E-state index in [1.165, 1.54) is 11.3 Å². The van der Waals surface area contributed by atoms with E-state index in [1.807, 2.05) is 5.38 Å². The van der Waals surface area contributed by atoms with Gasteiger partial charge in [-0.15, -0.1) is 11.3 Å². The minimum Gasteiger partial charge on any atom is -0.487 e. The summed E-state index contributed by atoms with van der Waals surface area (Å²) in [6, 6.07) is 6.90. The second-order valence-corrected chi connectivity index (χ2v) is 7.80. The second-order valence-electron chi connectivity index (χ2n) is 5.31. The van der Waals surface area contributed by atoms with Gasteiger partial charge in [0.25, 0.3) is 0 Å². The Hall–Kier alpha value is -1.64. The molecule has 8 heteroatoms. The lowest BCUT2D eigenvalue weighted by molar-refractivity contribution is 0.127. The normalized spacial score (nSPS) is 18.0. The average Bonchev–Trinajstić information content (AvgIpc) is 3.18. The maximum atomic E-state index is 12.2. The highest BCUT2D eigenvalue weighted by Crippen LogP contribution is 2.21. The Morgan fingerprint density at radius 3 is 3.09 bits per heavy atom. The Morgan fingerprint density at radius 1 is 1.43 bits per heavy atom. The van der Waals surface area contributed by atoms with Gasteiger partial charge in [-0.2, -0.15) is 0 Å². The lowest BCUT2D eigenvalue weighted by Crippen LogP contribution is -2.25. The van der Waals surface area contributed by atoms with E-state index in [4.69, 9.17) is 9.47 Å². The molecule has 124 valence electrons. The number of anilines is 1. The molecule has 1 saturated heterocycles. The van der Waals surface area contributed by atoms with Crippen molar-refractivity contribution in [2.45, 2.75) is 25.6 Å². The highest BCUT2D eigenvalue weighted by Gasteiger charge is 2.23. The third kappa shape index (κ3) is 4.92. The van der Waals surface area contributed by atoms with Crippen molar-refractivity contribution in [3.05, 3.63) is 40.8 Å². The first-order valence-electron chi connectivity index (χ1n) is 7.33. The Bertz CT molecular complexity index is 726. The van der Waals surface area contributed by atoms with Crippen LogP contribution < -0.4 is 9.46 Å². The zero-order chi connectivity index (χ0) is 16.1. The Kier molecular flexibility index (Phi) is 5.14. The molecule has 0 spiro atoms. The molecule has 2 heterocycles. The van der Waals surface area contributed by atoms with Crippen LogP contribution in [0, 0.1) is 0 Å². The summed E-state index contributed by atoms with van der Waals surface area (Å²) < 4.78 is 37.9. The van der Waals surface area contributed by atoms with Crippen LogP contribution in [0.2, 0.25) is 0 Å². The van der Waals surface area contributed by atoms with Crippen molar-refractivity contribution in [3.8, 4) is 5.75 Å². The summed E-state index contributed by atoms with van der Waals surface area (Å²) in [5.41, 5.74) is 3.08. The maximum Gasteiger partial charge on any atom is 0.235 e. The summed E-state index contributed by atoms with van der Waals surface area (Å²) in [4.78, 5) is 4.14. The number of benzene rings is 1. The van der Waals surface area contributed by atoms with E-state index < -0.39 is 10.0 Å². The van der Waals surface area contributed by atoms with Crippen LogP contribution in [0.4, 0.5) is 5.69 Å². The summed E-state index contributed by atoms with van der Waals surface area (Å²) in [7, 11) is -3.43. The fourth-order valence-corrected chi connectivity index (χ4v) is 4.22. The first-order chi connectivity index (χ1) is 11.1. The number of rotatable bonds is 7. The molecular weight excluding hydrogens is 336 g/mol. The van der Waals surface area contributed by atoms with Gasteiger partial charge in [-0.1, -0.05) is 6.07 Å². The Morgan fingerprint density at radius 2 is 2.35 bits per heavy atom. The van der Waals surface area contributed by atoms with E-state index in [0.29, 0.717) is 24.7 Å². The average molecular weight is 354 g/mol. The number of ether oxygens (including phenoxy) is 2. The molecule has 1 fully saturated rings. The molecule has 0 bridgehead atoms. The van der Waals surface area contributed by atoms with Crippen molar-refractivity contribution < 1.29 is 17.9 Å². The molecule has 6 nitrogen and oxygen atoms in total. The van der Waals surface area contributed by atoms with E-state index >= 15 is 0 Å². The van der Waals surface area contributed by atoms with Crippen molar-refractivity contribution in [2.24, 2.45) is 0 Å². The van der Waals surface area contributed by atoms with E-state index in [2.05, 4.69) is 9.71 Å². The largest absolute Gasteiger partial charge is 0.487 e. The third-order valence-corrected chi connectivity index (χ3v) is 5.40. The molecule has 0 unspecified atom stereocenters. The lowest BCUT2D eigenvalue weighted by atomic mass is 10.3. The zero-order valence-electron chi connectivity index (χ0n) is 12.5. The molecular formula is C15H18N2O4S2. The fourth-order valence-electron chi connectivity index (χ4n) is 2.36. The summed E-state index contributed by atoms with van der Waals surface area (Å²) in [6.07, 6.45) is 1.49. The number of aromatic nitrogens is 1. The fraction of sp³-hybridized carbons (Fsp3) is 0.400. The predicted octanol–water partition coefficient (Wildman–Crippen LogP) is 2.64. The van der Waals surface area contributed by atoms with Crippen LogP contribution in [0.1, 0.15) is 18.5 Å². The maximum absolute atomic E-state index is 12.2. The van der Waals surface area contributed by atoms with Gasteiger partial charge in [-0.25, -0.2) is 13.4 Å². The third-order valence-electron chi connectivity index (χ3n) is 3.41. The molecule has 1 atom stereocenters. The topological polar surface area (TPSA) is 77.5 Å². The van der Waals surface area contributed by atoms with Gasteiger partial charge < -0.3 is 9.47 Å². The monoisotopic (exact) mass is 354 g/mol. The van der Waals surface area contributed by atoms with Crippen molar-refractivity contribution in [2.75, 3.05) is 17.1 Å². The number of thiazole rings is 1. The number of nitrogens with one attached hydrogen (secondary N) is 1. The Labute approximate surface area is 139 Å². The highest BCUT2D eigenvalue weighted by molar-refractivity contribution is 7.92. The van der Waals surface area contributed by atoms with Gasteiger partial charge in [-0.05, 0) is 25.0 Å². The van der Waals surface area contributed by atoms with Crippen LogP contribution in [0.5, 0.6) is 5.75 Å². The molecule has 0 amide bonds. The number of sulfonamides is 1. The van der Waals surface area contributed by atoms with Crippen LogP contribution in [-0.2, 0) is 21.4 Å². The zero-order valence-corrected chi connectivity index (χ0v) is 14.1. The van der Waals surface area contributed by atoms with Gasteiger partial charge in [0.05, 0.1) is 28.7 Å². The molecule has 0 radical (unpaired) electrons. The molecule has 2 aromatic rings. The van der Waals surface area contributed by atoms with Gasteiger partial charge in [0.15, 0.2) is 0 Å². The quantitative estimate of drug-likeness (QED) is 0.827. The summed E-state index contributed by atoms with van der Waals surface area (Å²) in [5.74, 6) is 0.576. The van der Waals surface area contributed by atoms with Crippen molar-refractivity contribution in [1.82, 2.24) is 4.98 Å². The molecule has 1 N–H and O–H groups in total. The molecule has 1 aromatic carbocycles. The first kappa shape index (κ1) is 16.2. The molecule has 3 rings (SSSR count). The summed E-state index contributed by atoms with van der Waals surface area (Å²) >= 11 is 1.51. The van der Waals surface area contributed by atoms with Gasteiger partial charge in [0.2, 0.25) is 10.0 Å². The molecule has 0 saturated carbocycles. The SMILES string of the molecule is O=S(=O)(C[C@H]1CCCO1)Nc1cccc(OCc2cscn2)c1. The Balaban J connectivity index is 1.60. The van der Waals surface area contributed by atoms with Crippen molar-refractivity contribution in [3.63, 3.8) is 0 Å². The van der Waals surface area contributed by atoms with Crippen molar-refractivity contribution in [1.29, 1.82) is 0 Å². The van der Waals surface area contributed by atoms with Crippen molar-refractivity contribution >= 4 is 27.0 Å². The van der Waals surface area contributed by atoms with Gasteiger partial charge in [0.1, 0.15) is 12.4 Å². The summed E-state index contributed by atoms with van der Waals surface area (Å²) in [6.45, 7) is 0.996. The van der Waals surface area contributed by atoms with Crippen LogP contribution in [0.3, 0.4) is 0 Å². The van der Waals surface area contributed by atoms with E-state index in [1.54, 1.807) is 29.8 Å². The smallest absolute Gasteiger partial charge is 0.235 e. The van der Waals surface area contributed by atoms with Crippen LogP contribution in [0.15, 0.2) is 35.2 Å². The molecule has 23 heavy (non-hydrogen) atoms. The summed E-state index contributed by atoms with van der Waals surface area (Å²) in [5, 5.41) is 1.91. The van der Waals surface area contributed by atoms with E-state index in [0.717, 1.165) is 18.5 Å². The standard InChI is InChI=1S/C15H18N2O4S2/c18-23(19,10-15-5-2-6-20-15)17-12-3-1-4-14(7-12)21-8-13-9-22-11-16-13/h1,3-4,7,9,11,15,17H,2,5-6,8,10H2/t15-/m1/s1. The first-order valence-corrected chi connectivity index (χ1v) is 9.92. The molecule has 1 aliphatic rings. The van der Waals surface area contributed by atoms with Gasteiger partial charge in [0, 0.05) is 18.1 Å². The number of nitrogens with zero attached hydrogens (tertiary/aromatic N) is 1. The predicted molar refractivity (Wildman–Crippen MR) is 89.3 cm³/mol. The number of hydrogen-bond acceptors (Lipinski definition) is 6.